The number of alkyl halides is 6. The quantitative estimate of drug-likeness (QED) is 0.201. The maximum absolute atomic E-state index is 14.7. The average Bonchev–Trinajstić information content (AvgIpc) is 3.43. The zero-order chi connectivity index (χ0) is 37.2. The molecule has 6 saturated heterocycles. The summed E-state index contributed by atoms with van der Waals surface area (Å²) in [5.74, 6) is -5.84. The Morgan fingerprint density at radius 3 is 1.35 bits per heavy atom. The van der Waals surface area contributed by atoms with Gasteiger partial charge in [-0.3, -0.25) is 0 Å². The predicted molar refractivity (Wildman–Crippen MR) is 169 cm³/mol. The molecule has 16 heteroatoms. The summed E-state index contributed by atoms with van der Waals surface area (Å²) < 4.78 is 112. The van der Waals surface area contributed by atoms with Crippen LogP contribution < -0.4 is 0 Å². The van der Waals surface area contributed by atoms with Crippen LogP contribution in [0.4, 0.5) is 26.3 Å². The summed E-state index contributed by atoms with van der Waals surface area (Å²) in [5.41, 5.74) is -2.30. The maximum atomic E-state index is 14.7. The molecule has 8 heterocycles. The van der Waals surface area contributed by atoms with E-state index >= 15 is 0 Å². The lowest BCUT2D eigenvalue weighted by atomic mass is 9.59. The molecule has 8 fully saturated rings. The number of nitrogens with zero attached hydrogens (tertiary/aromatic N) is 2. The van der Waals surface area contributed by atoms with Gasteiger partial charge in [-0.25, -0.2) is 19.6 Å². The van der Waals surface area contributed by atoms with Crippen molar-refractivity contribution in [3.05, 3.63) is 22.7 Å². The Labute approximate surface area is 299 Å². The fourth-order valence-corrected chi connectivity index (χ4v) is 10.9. The molecular formula is C36H50F6N2O8. The number of halogens is 6. The van der Waals surface area contributed by atoms with E-state index in [0.717, 1.165) is 0 Å². The van der Waals surface area contributed by atoms with Crippen molar-refractivity contribution in [2.45, 2.75) is 127 Å². The van der Waals surface area contributed by atoms with Gasteiger partial charge in [0.25, 0.3) is 0 Å². The number of hydrogen-bond donors (Lipinski definition) is 0. The predicted octanol–water partition coefficient (Wildman–Crippen LogP) is 6.97. The summed E-state index contributed by atoms with van der Waals surface area (Å²) in [5, 5.41) is 0. The third-order valence-electron chi connectivity index (χ3n) is 13.6. The van der Waals surface area contributed by atoms with Gasteiger partial charge in [-0.05, 0) is 89.4 Å². The van der Waals surface area contributed by atoms with Crippen molar-refractivity contribution >= 4 is 0 Å². The van der Waals surface area contributed by atoms with Crippen molar-refractivity contribution in [2.24, 2.45) is 35.5 Å². The summed E-state index contributed by atoms with van der Waals surface area (Å²) in [6, 6.07) is 0. The van der Waals surface area contributed by atoms with Gasteiger partial charge in [-0.1, -0.05) is 13.8 Å². The summed E-state index contributed by atoms with van der Waals surface area (Å²) in [6.07, 6.45) is -7.54. The number of fused-ring (bicyclic) bond motifs is 4. The molecular weight excluding hydrogens is 702 g/mol. The molecule has 0 N–H and O–H groups in total. The molecule has 0 aromatic heterocycles. The summed E-state index contributed by atoms with van der Waals surface area (Å²) >= 11 is 0. The van der Waals surface area contributed by atoms with Gasteiger partial charge in [0, 0.05) is 62.7 Å². The highest BCUT2D eigenvalue weighted by Gasteiger charge is 2.72. The number of rotatable bonds is 7. The lowest BCUT2D eigenvalue weighted by Gasteiger charge is -2.57. The molecule has 0 amide bonds. The molecule has 0 aromatic rings. The van der Waals surface area contributed by atoms with E-state index in [2.05, 4.69) is 13.8 Å². The second-order valence-corrected chi connectivity index (χ2v) is 17.1. The molecule has 8 aliphatic heterocycles. The van der Waals surface area contributed by atoms with Crippen molar-refractivity contribution in [2.75, 3.05) is 40.3 Å². The van der Waals surface area contributed by atoms with Crippen molar-refractivity contribution in [1.82, 2.24) is 9.80 Å². The van der Waals surface area contributed by atoms with Gasteiger partial charge in [-0.2, -0.15) is 26.3 Å². The molecule has 294 valence electrons. The maximum Gasteiger partial charge on any atom is 0.449 e. The van der Waals surface area contributed by atoms with Gasteiger partial charge in [0.15, 0.2) is 11.2 Å². The Morgan fingerprint density at radius 2 is 0.981 bits per heavy atom. The molecule has 4 bridgehead atoms. The largest absolute Gasteiger partial charge is 0.456 e. The van der Waals surface area contributed by atoms with Crippen LogP contribution in [-0.2, 0) is 38.5 Å². The first kappa shape index (κ1) is 37.3. The minimum atomic E-state index is -4.78. The summed E-state index contributed by atoms with van der Waals surface area (Å²) in [6.45, 7) is 7.83. The monoisotopic (exact) mass is 752 g/mol. The number of likely N-dealkylation sites (N-methyl/N-ethyl adjacent to an activating group) is 2. The van der Waals surface area contributed by atoms with Gasteiger partial charge < -0.3 is 28.7 Å². The van der Waals surface area contributed by atoms with Gasteiger partial charge in [0.2, 0.25) is 35.7 Å². The van der Waals surface area contributed by atoms with Crippen molar-refractivity contribution in [3.63, 3.8) is 0 Å². The molecule has 10 nitrogen and oxygen atoms in total. The molecule has 2 aliphatic carbocycles. The van der Waals surface area contributed by atoms with Crippen LogP contribution in [0.5, 0.6) is 0 Å². The first-order valence-corrected chi connectivity index (χ1v) is 18.7. The molecule has 10 rings (SSSR count). The smallest absolute Gasteiger partial charge is 0.449 e. The molecule has 2 spiro atoms. The van der Waals surface area contributed by atoms with E-state index in [9.17, 15) is 26.3 Å². The fraction of sp³-hybridized carbons (Fsp3) is 0.889. The Morgan fingerprint density at radius 1 is 0.596 bits per heavy atom. The van der Waals surface area contributed by atoms with Gasteiger partial charge >= 0.3 is 12.4 Å². The average molecular weight is 753 g/mol. The van der Waals surface area contributed by atoms with E-state index in [1.807, 2.05) is 0 Å². The number of ether oxygens (including phenoxy) is 4. The third kappa shape index (κ3) is 5.74. The lowest BCUT2D eigenvalue weighted by molar-refractivity contribution is -0.557. The standard InChI is InChI=1S/C36H50F6N2O8/c1-19-7-9-25-21(27(35(37,38)39)45-29-33(25)23(19)11-13-31(3,47-29)49-51-33)17-43(5)15-16-44(6)18-22-26-10-8-20(2)24-12-14-32(4)48-30(34(24,26)52-50-32)46-28(22)36(40,41)42/h19-20,23-26,29-30H,7-18H2,1-6H3/t19-,20-,23?,24?,25+,26+,29-,30-,31+,32+,33-,34-/m1/s1. The van der Waals surface area contributed by atoms with E-state index in [1.54, 1.807) is 37.7 Å². The second kappa shape index (κ2) is 12.4. The van der Waals surface area contributed by atoms with E-state index in [-0.39, 0.29) is 61.0 Å². The minimum Gasteiger partial charge on any atom is -0.456 e. The van der Waals surface area contributed by atoms with Crippen LogP contribution in [0, 0.1) is 35.5 Å². The molecule has 12 atom stereocenters. The zero-order valence-corrected chi connectivity index (χ0v) is 30.5. The molecule has 10 aliphatic rings. The van der Waals surface area contributed by atoms with Crippen LogP contribution >= 0.6 is 0 Å². The Kier molecular flexibility index (Phi) is 8.90. The SMILES string of the molecule is C[C@@H]1CC[C@H]2C(CN(C)CCN(C)CC3=C(C(F)(F)F)O[C@@H]4O[C@]5(C)CCC6[C@H](C)CC[C@@H]3[C@]64OO5)=C(C(F)(F)F)O[C@@H]3O[C@]4(C)CCC1[C@]32OO4. The topological polar surface area (TPSA) is 80.3 Å². The first-order chi connectivity index (χ1) is 24.3. The van der Waals surface area contributed by atoms with Gasteiger partial charge in [0.05, 0.1) is 0 Å². The lowest BCUT2D eigenvalue weighted by Crippen LogP contribution is -2.67. The van der Waals surface area contributed by atoms with Crippen molar-refractivity contribution < 1.29 is 64.8 Å². The third-order valence-corrected chi connectivity index (χ3v) is 13.6. The van der Waals surface area contributed by atoms with E-state index in [0.29, 0.717) is 51.4 Å². The van der Waals surface area contributed by atoms with Crippen molar-refractivity contribution in [1.29, 1.82) is 0 Å². The highest BCUT2D eigenvalue weighted by molar-refractivity contribution is 5.30. The Balaban J connectivity index is 1.03. The van der Waals surface area contributed by atoms with Crippen LogP contribution in [-0.4, -0.2) is 97.8 Å². The van der Waals surface area contributed by atoms with Gasteiger partial charge in [-0.15, -0.1) is 0 Å². The molecule has 52 heavy (non-hydrogen) atoms. The number of hydrogen-bond acceptors (Lipinski definition) is 10. The second-order valence-electron chi connectivity index (χ2n) is 17.1. The summed E-state index contributed by atoms with van der Waals surface area (Å²) in [4.78, 5) is 27.2. The highest BCUT2D eigenvalue weighted by Crippen LogP contribution is 2.63. The Hall–Kier alpha value is -1.66. The van der Waals surface area contributed by atoms with Crippen LogP contribution in [0.1, 0.15) is 79.1 Å². The fourth-order valence-electron chi connectivity index (χ4n) is 10.9. The Bertz CT molecular complexity index is 1380. The first-order valence-electron chi connectivity index (χ1n) is 18.7. The van der Waals surface area contributed by atoms with Gasteiger partial charge in [0.1, 0.15) is 0 Å². The molecule has 0 aromatic carbocycles. The van der Waals surface area contributed by atoms with Crippen LogP contribution in [0.2, 0.25) is 0 Å². The van der Waals surface area contributed by atoms with Crippen molar-refractivity contribution in [3.8, 4) is 0 Å². The minimum absolute atomic E-state index is 0.0774. The molecule has 0 radical (unpaired) electrons. The number of allylic oxidation sites excluding steroid dienone is 2. The van der Waals surface area contributed by atoms with E-state index in [4.69, 9.17) is 38.5 Å². The highest BCUT2D eigenvalue weighted by atomic mass is 19.4. The van der Waals surface area contributed by atoms with E-state index in [1.165, 1.54) is 0 Å². The normalized spacial score (nSPS) is 45.7. The zero-order valence-electron chi connectivity index (χ0n) is 30.5. The molecule has 2 saturated carbocycles. The molecule has 2 unspecified atom stereocenters. The van der Waals surface area contributed by atoms with Crippen LogP contribution in [0.3, 0.4) is 0 Å². The van der Waals surface area contributed by atoms with E-state index < -0.39 is 71.1 Å². The van der Waals surface area contributed by atoms with Crippen LogP contribution in [0.15, 0.2) is 22.7 Å². The van der Waals surface area contributed by atoms with Crippen LogP contribution in [0.25, 0.3) is 0 Å². The summed E-state index contributed by atoms with van der Waals surface area (Å²) in [7, 11) is 3.41.